The molecule has 2 aliphatic heterocycles. The second-order valence-electron chi connectivity index (χ2n) is 3.90. The molecule has 2 atom stereocenters. The van der Waals surface area contributed by atoms with Gasteiger partial charge in [0.2, 0.25) is 0 Å². The predicted octanol–water partition coefficient (Wildman–Crippen LogP) is 0.743. The lowest BCUT2D eigenvalue weighted by Crippen LogP contribution is -2.48. The van der Waals surface area contributed by atoms with Crippen LogP contribution in [0.4, 0.5) is 4.79 Å². The number of carbonyl (C=O) groups excluding carboxylic acids is 1. The Bertz CT molecular complexity index is 304. The third kappa shape index (κ3) is 1.17. The lowest BCUT2D eigenvalue weighted by molar-refractivity contribution is -0.142. The fourth-order valence-corrected chi connectivity index (χ4v) is 3.45. The molecule has 2 aliphatic rings. The average Bonchev–Trinajstić information content (AvgIpc) is 2.47. The van der Waals surface area contributed by atoms with Gasteiger partial charge in [0.05, 0.1) is 0 Å². The van der Waals surface area contributed by atoms with Crippen molar-refractivity contribution in [3.8, 4) is 0 Å². The number of ether oxygens (including phenoxy) is 1. The molecule has 0 saturated carbocycles. The number of carboxylic acid groups (broad SMARTS) is 1. The molecule has 14 heavy (non-hydrogen) atoms. The van der Waals surface area contributed by atoms with Crippen molar-refractivity contribution >= 4 is 23.8 Å². The van der Waals surface area contributed by atoms with E-state index >= 15 is 0 Å². The summed E-state index contributed by atoms with van der Waals surface area (Å²) in [4.78, 5) is 23.7. The zero-order valence-corrected chi connectivity index (χ0v) is 8.71. The smallest absolute Gasteiger partial charge is 0.411 e. The number of amides is 1. The first-order valence-corrected chi connectivity index (χ1v) is 5.17. The number of aliphatic carboxylic acids is 1. The highest BCUT2D eigenvalue weighted by Gasteiger charge is 2.56. The molecule has 1 amide bonds. The minimum atomic E-state index is -0.969. The molecule has 2 fully saturated rings. The molecule has 6 heteroatoms. The lowest BCUT2D eigenvalue weighted by atomic mass is 10.0. The first-order valence-electron chi connectivity index (χ1n) is 4.29. The Kier molecular flexibility index (Phi) is 1.92. The molecular weight excluding hydrogens is 206 g/mol. The van der Waals surface area contributed by atoms with Crippen molar-refractivity contribution in [1.29, 1.82) is 0 Å². The van der Waals surface area contributed by atoms with Crippen LogP contribution in [0.5, 0.6) is 0 Å². The zero-order chi connectivity index (χ0) is 10.5. The molecule has 2 saturated heterocycles. The van der Waals surface area contributed by atoms with Gasteiger partial charge < -0.3 is 9.84 Å². The third-order valence-electron chi connectivity index (χ3n) is 2.48. The Morgan fingerprint density at radius 2 is 2.36 bits per heavy atom. The molecule has 78 valence electrons. The fourth-order valence-electron chi connectivity index (χ4n) is 1.94. The van der Waals surface area contributed by atoms with Gasteiger partial charge in [-0.1, -0.05) is 0 Å². The van der Waals surface area contributed by atoms with Crippen LogP contribution in [0, 0.1) is 0 Å². The van der Waals surface area contributed by atoms with Gasteiger partial charge in [-0.2, -0.15) is 0 Å². The van der Waals surface area contributed by atoms with Crippen LogP contribution >= 0.6 is 11.8 Å². The Morgan fingerprint density at radius 1 is 1.71 bits per heavy atom. The summed E-state index contributed by atoms with van der Waals surface area (Å²) in [6.07, 6.45) is -0.513. The maximum absolute atomic E-state index is 11.3. The first kappa shape index (κ1) is 9.64. The number of carbonyl (C=O) groups is 2. The van der Waals surface area contributed by atoms with Gasteiger partial charge in [0.1, 0.15) is 18.0 Å². The van der Waals surface area contributed by atoms with Crippen molar-refractivity contribution in [3.63, 3.8) is 0 Å². The van der Waals surface area contributed by atoms with Gasteiger partial charge in [0.25, 0.3) is 0 Å². The minimum absolute atomic E-state index is 0.140. The van der Waals surface area contributed by atoms with E-state index < -0.39 is 22.9 Å². The van der Waals surface area contributed by atoms with Crippen LogP contribution in [0.25, 0.3) is 0 Å². The predicted molar refractivity (Wildman–Crippen MR) is 50.1 cm³/mol. The van der Waals surface area contributed by atoms with Crippen LogP contribution < -0.4 is 0 Å². The highest BCUT2D eigenvalue weighted by atomic mass is 32.2. The summed E-state index contributed by atoms with van der Waals surface area (Å²) in [7, 11) is 0. The molecular formula is C8H11NO4S. The van der Waals surface area contributed by atoms with Crippen LogP contribution in [0.1, 0.15) is 13.8 Å². The normalized spacial score (nSPS) is 34.1. The van der Waals surface area contributed by atoms with Crippen molar-refractivity contribution < 1.29 is 19.4 Å². The SMILES string of the molecule is CC1(C)SC2COC(=O)N2C1C(=O)O. The second-order valence-corrected chi connectivity index (χ2v) is 5.73. The maximum Gasteiger partial charge on any atom is 0.411 e. The molecule has 0 aromatic rings. The number of thioether (sulfide) groups is 1. The van der Waals surface area contributed by atoms with Crippen molar-refractivity contribution in [1.82, 2.24) is 4.90 Å². The molecule has 5 nitrogen and oxygen atoms in total. The van der Waals surface area contributed by atoms with Crippen molar-refractivity contribution in [3.05, 3.63) is 0 Å². The number of nitrogens with zero attached hydrogens (tertiary/aromatic N) is 1. The largest absolute Gasteiger partial charge is 0.480 e. The van der Waals surface area contributed by atoms with Crippen molar-refractivity contribution in [2.75, 3.05) is 6.61 Å². The molecule has 0 aliphatic carbocycles. The van der Waals surface area contributed by atoms with E-state index in [1.165, 1.54) is 16.7 Å². The molecule has 0 spiro atoms. The Morgan fingerprint density at radius 3 is 2.93 bits per heavy atom. The second kappa shape index (κ2) is 2.79. The van der Waals surface area contributed by atoms with Gasteiger partial charge in [-0.3, -0.25) is 4.90 Å². The van der Waals surface area contributed by atoms with E-state index in [1.54, 1.807) is 0 Å². The highest BCUT2D eigenvalue weighted by molar-refractivity contribution is 8.01. The minimum Gasteiger partial charge on any atom is -0.480 e. The van der Waals surface area contributed by atoms with Crippen LogP contribution in [-0.2, 0) is 9.53 Å². The zero-order valence-electron chi connectivity index (χ0n) is 7.89. The number of hydrogen-bond acceptors (Lipinski definition) is 4. The van der Waals surface area contributed by atoms with Gasteiger partial charge in [0.15, 0.2) is 0 Å². The molecule has 0 bridgehead atoms. The standard InChI is InChI=1S/C8H11NO4S/c1-8(2)5(6(10)11)9-4(14-8)3-13-7(9)12/h4-5H,3H2,1-2H3,(H,10,11). The number of fused-ring (bicyclic) bond motifs is 1. The molecule has 0 aromatic carbocycles. The monoisotopic (exact) mass is 217 g/mol. The van der Waals surface area contributed by atoms with E-state index in [0.29, 0.717) is 0 Å². The van der Waals surface area contributed by atoms with E-state index in [4.69, 9.17) is 9.84 Å². The number of cyclic esters (lactones) is 1. The van der Waals surface area contributed by atoms with Gasteiger partial charge in [-0.05, 0) is 13.8 Å². The number of carboxylic acids is 1. The van der Waals surface area contributed by atoms with Crippen molar-refractivity contribution in [2.45, 2.75) is 30.0 Å². The van der Waals surface area contributed by atoms with E-state index in [1.807, 2.05) is 13.8 Å². The quantitative estimate of drug-likeness (QED) is 0.701. The molecule has 2 unspecified atom stereocenters. The average molecular weight is 217 g/mol. The summed E-state index contributed by atoms with van der Waals surface area (Å²) in [6.45, 7) is 3.96. The van der Waals surface area contributed by atoms with Crippen LogP contribution in [0.2, 0.25) is 0 Å². The topological polar surface area (TPSA) is 66.8 Å². The van der Waals surface area contributed by atoms with E-state index in [2.05, 4.69) is 0 Å². The third-order valence-corrected chi connectivity index (χ3v) is 3.95. The van der Waals surface area contributed by atoms with Crippen LogP contribution in [0.15, 0.2) is 0 Å². The molecule has 0 aromatic heterocycles. The molecule has 2 heterocycles. The number of rotatable bonds is 1. The summed E-state index contributed by atoms with van der Waals surface area (Å²) >= 11 is 1.48. The lowest BCUT2D eigenvalue weighted by Gasteiger charge is -2.25. The molecule has 1 N–H and O–H groups in total. The van der Waals surface area contributed by atoms with Crippen molar-refractivity contribution in [2.24, 2.45) is 0 Å². The first-order chi connectivity index (χ1) is 6.43. The summed E-state index contributed by atoms with van der Waals surface area (Å²) in [5, 5.41) is 8.91. The highest BCUT2D eigenvalue weighted by Crippen LogP contribution is 2.46. The number of hydrogen-bond donors (Lipinski definition) is 1. The maximum atomic E-state index is 11.3. The summed E-state index contributed by atoms with van der Waals surface area (Å²) in [5.41, 5.74) is 0. The van der Waals surface area contributed by atoms with Gasteiger partial charge in [-0.15, -0.1) is 11.8 Å². The van der Waals surface area contributed by atoms with Crippen LogP contribution in [0.3, 0.4) is 0 Å². The summed E-state index contributed by atoms with van der Waals surface area (Å²) < 4.78 is 4.35. The van der Waals surface area contributed by atoms with Crippen LogP contribution in [-0.4, -0.2) is 44.8 Å². The Labute approximate surface area is 85.4 Å². The summed E-state index contributed by atoms with van der Waals surface area (Å²) in [5.74, 6) is -0.969. The fraction of sp³-hybridized carbons (Fsp3) is 0.750. The van der Waals surface area contributed by atoms with Gasteiger partial charge in [0, 0.05) is 4.75 Å². The molecule has 0 radical (unpaired) electrons. The van der Waals surface area contributed by atoms with E-state index in [0.717, 1.165) is 0 Å². The van der Waals surface area contributed by atoms with E-state index in [-0.39, 0.29) is 12.0 Å². The van der Waals surface area contributed by atoms with Gasteiger partial charge >= 0.3 is 12.1 Å². The summed E-state index contributed by atoms with van der Waals surface area (Å²) in [6, 6.07) is -0.785. The van der Waals surface area contributed by atoms with Gasteiger partial charge in [-0.25, -0.2) is 9.59 Å². The molecule has 2 rings (SSSR count). The van der Waals surface area contributed by atoms with E-state index in [9.17, 15) is 9.59 Å². The Hall–Kier alpha value is -0.910. The Balaban J connectivity index is 2.34.